The van der Waals surface area contributed by atoms with Crippen molar-refractivity contribution in [2.45, 2.75) is 12.7 Å². The molecule has 3 aromatic rings. The summed E-state index contributed by atoms with van der Waals surface area (Å²) in [5.41, 5.74) is 1.77. The second-order valence-corrected chi connectivity index (χ2v) is 7.37. The zero-order valence-corrected chi connectivity index (χ0v) is 16.5. The molecule has 1 aliphatic rings. The predicted octanol–water partition coefficient (Wildman–Crippen LogP) is 5.82. The maximum Gasteiger partial charge on any atom is 0.416 e. The van der Waals surface area contributed by atoms with Crippen LogP contribution in [0.15, 0.2) is 78.9 Å². The molecule has 6 heteroatoms. The number of alkyl halides is 3. The highest BCUT2D eigenvalue weighted by atomic mass is 19.4. The number of halogens is 3. The van der Waals surface area contributed by atoms with Gasteiger partial charge in [0.15, 0.2) is 0 Å². The number of nitrogens with zero attached hydrogens (tertiary/aromatic N) is 2. The average Bonchev–Trinajstić information content (AvgIpc) is 2.75. The maximum absolute atomic E-state index is 12.7. The Bertz CT molecular complexity index is 933. The molecule has 1 heterocycles. The number of ether oxygens (including phenoxy) is 1. The zero-order valence-electron chi connectivity index (χ0n) is 16.5. The van der Waals surface area contributed by atoms with E-state index in [1.807, 2.05) is 30.3 Å². The van der Waals surface area contributed by atoms with Crippen LogP contribution in [0.4, 0.5) is 18.9 Å². The molecule has 156 valence electrons. The van der Waals surface area contributed by atoms with Crippen molar-refractivity contribution in [3.05, 3.63) is 90.0 Å². The van der Waals surface area contributed by atoms with Crippen molar-refractivity contribution in [3.8, 4) is 11.5 Å². The predicted molar refractivity (Wildman–Crippen MR) is 112 cm³/mol. The summed E-state index contributed by atoms with van der Waals surface area (Å²) in [5.74, 6) is 0.978. The molecule has 1 saturated heterocycles. The Morgan fingerprint density at radius 2 is 1.27 bits per heavy atom. The van der Waals surface area contributed by atoms with Gasteiger partial charge in [0.25, 0.3) is 0 Å². The Labute approximate surface area is 174 Å². The molecule has 0 atom stereocenters. The molecule has 4 rings (SSSR count). The van der Waals surface area contributed by atoms with E-state index >= 15 is 0 Å². The zero-order chi connectivity index (χ0) is 21.0. The van der Waals surface area contributed by atoms with E-state index in [0.29, 0.717) is 11.5 Å². The van der Waals surface area contributed by atoms with Crippen LogP contribution in [-0.4, -0.2) is 31.1 Å². The molecule has 0 saturated carbocycles. The summed E-state index contributed by atoms with van der Waals surface area (Å²) in [4.78, 5) is 4.79. The Kier molecular flexibility index (Phi) is 5.95. The highest BCUT2D eigenvalue weighted by molar-refractivity contribution is 5.50. The lowest BCUT2D eigenvalue weighted by atomic mass is 10.2. The van der Waals surface area contributed by atoms with Gasteiger partial charge in [-0.1, -0.05) is 30.3 Å². The van der Waals surface area contributed by atoms with E-state index in [1.54, 1.807) is 0 Å². The maximum atomic E-state index is 12.7. The average molecular weight is 412 g/mol. The lowest BCUT2D eigenvalue weighted by Gasteiger charge is -2.36. The third-order valence-electron chi connectivity index (χ3n) is 5.24. The first-order valence-corrected chi connectivity index (χ1v) is 9.94. The number of anilines is 1. The summed E-state index contributed by atoms with van der Waals surface area (Å²) in [7, 11) is 0. The molecule has 0 amide bonds. The molecule has 0 spiro atoms. The van der Waals surface area contributed by atoms with Crippen LogP contribution >= 0.6 is 0 Å². The van der Waals surface area contributed by atoms with Gasteiger partial charge in [0.1, 0.15) is 11.5 Å². The van der Waals surface area contributed by atoms with Gasteiger partial charge in [0.2, 0.25) is 0 Å². The van der Waals surface area contributed by atoms with Gasteiger partial charge in [-0.15, -0.1) is 0 Å². The molecular formula is C24H23F3N2O. The Balaban J connectivity index is 1.31. The van der Waals surface area contributed by atoms with Gasteiger partial charge in [-0.05, 0) is 54.1 Å². The summed E-state index contributed by atoms with van der Waals surface area (Å²) in [6.45, 7) is 4.86. The third-order valence-corrected chi connectivity index (χ3v) is 5.24. The fourth-order valence-corrected chi connectivity index (χ4v) is 3.58. The molecule has 0 unspecified atom stereocenters. The van der Waals surface area contributed by atoms with E-state index < -0.39 is 11.7 Å². The van der Waals surface area contributed by atoms with Crippen molar-refractivity contribution in [1.29, 1.82) is 0 Å². The molecule has 0 radical (unpaired) electrons. The first-order valence-electron chi connectivity index (χ1n) is 9.94. The van der Waals surface area contributed by atoms with Gasteiger partial charge in [-0.25, -0.2) is 0 Å². The molecule has 1 fully saturated rings. The monoisotopic (exact) mass is 412 g/mol. The van der Waals surface area contributed by atoms with Crippen LogP contribution in [0.3, 0.4) is 0 Å². The standard InChI is InChI=1S/C24H23F3N2O/c25-24(26,27)20-6-10-22(11-7-20)30-23-12-8-21(9-13-23)29-16-14-28(15-17-29)18-19-4-2-1-3-5-19/h1-13H,14-18H2. The van der Waals surface area contributed by atoms with Gasteiger partial charge in [-0.2, -0.15) is 13.2 Å². The summed E-state index contributed by atoms with van der Waals surface area (Å²) in [6.07, 6.45) is -4.34. The number of hydrogen-bond acceptors (Lipinski definition) is 3. The summed E-state index contributed by atoms with van der Waals surface area (Å²) in [6, 6.07) is 22.9. The van der Waals surface area contributed by atoms with Crippen molar-refractivity contribution in [2.75, 3.05) is 31.1 Å². The number of piperazine rings is 1. The van der Waals surface area contributed by atoms with Gasteiger partial charge >= 0.3 is 6.18 Å². The third kappa shape index (κ3) is 5.13. The van der Waals surface area contributed by atoms with Crippen LogP contribution in [0, 0.1) is 0 Å². The molecule has 0 aromatic heterocycles. The highest BCUT2D eigenvalue weighted by Crippen LogP contribution is 2.31. The van der Waals surface area contributed by atoms with Crippen LogP contribution in [0.25, 0.3) is 0 Å². The van der Waals surface area contributed by atoms with Crippen molar-refractivity contribution in [2.24, 2.45) is 0 Å². The normalized spacial score (nSPS) is 15.2. The quantitative estimate of drug-likeness (QED) is 0.525. The lowest BCUT2D eigenvalue weighted by molar-refractivity contribution is -0.137. The van der Waals surface area contributed by atoms with E-state index in [-0.39, 0.29) is 0 Å². The largest absolute Gasteiger partial charge is 0.457 e. The SMILES string of the molecule is FC(F)(F)c1ccc(Oc2ccc(N3CCN(Cc4ccccc4)CC3)cc2)cc1. The van der Waals surface area contributed by atoms with Gasteiger partial charge in [-0.3, -0.25) is 4.90 Å². The van der Waals surface area contributed by atoms with Crippen LogP contribution in [0.1, 0.15) is 11.1 Å². The topological polar surface area (TPSA) is 15.7 Å². The van der Waals surface area contributed by atoms with Crippen LogP contribution in [0.2, 0.25) is 0 Å². The van der Waals surface area contributed by atoms with Crippen molar-refractivity contribution < 1.29 is 17.9 Å². The summed E-state index contributed by atoms with van der Waals surface area (Å²) in [5, 5.41) is 0. The number of hydrogen-bond donors (Lipinski definition) is 0. The summed E-state index contributed by atoms with van der Waals surface area (Å²) >= 11 is 0. The minimum atomic E-state index is -4.34. The molecule has 3 aromatic carbocycles. The van der Waals surface area contributed by atoms with Gasteiger partial charge in [0.05, 0.1) is 5.56 Å². The van der Waals surface area contributed by atoms with Crippen LogP contribution in [0.5, 0.6) is 11.5 Å². The minimum Gasteiger partial charge on any atom is -0.457 e. The Morgan fingerprint density at radius 3 is 1.83 bits per heavy atom. The van der Waals surface area contributed by atoms with E-state index in [9.17, 15) is 13.2 Å². The Hall–Kier alpha value is -2.99. The Morgan fingerprint density at radius 1 is 0.700 bits per heavy atom. The fourth-order valence-electron chi connectivity index (χ4n) is 3.58. The first-order chi connectivity index (χ1) is 14.5. The van der Waals surface area contributed by atoms with Crippen molar-refractivity contribution >= 4 is 5.69 Å². The molecule has 30 heavy (non-hydrogen) atoms. The van der Waals surface area contributed by atoms with Gasteiger partial charge < -0.3 is 9.64 Å². The van der Waals surface area contributed by atoms with Crippen LogP contribution < -0.4 is 9.64 Å². The molecule has 0 aliphatic carbocycles. The number of rotatable bonds is 5. The smallest absolute Gasteiger partial charge is 0.416 e. The number of benzene rings is 3. The highest BCUT2D eigenvalue weighted by Gasteiger charge is 2.30. The second-order valence-electron chi connectivity index (χ2n) is 7.37. The van der Waals surface area contributed by atoms with E-state index in [2.05, 4.69) is 34.1 Å². The molecule has 0 N–H and O–H groups in total. The van der Waals surface area contributed by atoms with Crippen LogP contribution in [-0.2, 0) is 12.7 Å². The minimum absolute atomic E-state index is 0.380. The molecule has 1 aliphatic heterocycles. The van der Waals surface area contributed by atoms with E-state index in [1.165, 1.54) is 17.7 Å². The fraction of sp³-hybridized carbons (Fsp3) is 0.250. The second kappa shape index (κ2) is 8.79. The van der Waals surface area contributed by atoms with E-state index in [4.69, 9.17) is 4.74 Å². The first kappa shape index (κ1) is 20.3. The lowest BCUT2D eigenvalue weighted by Crippen LogP contribution is -2.45. The van der Waals surface area contributed by atoms with Crippen molar-refractivity contribution in [3.63, 3.8) is 0 Å². The van der Waals surface area contributed by atoms with E-state index in [0.717, 1.165) is 50.5 Å². The molecule has 0 bridgehead atoms. The molecular weight excluding hydrogens is 389 g/mol. The van der Waals surface area contributed by atoms with Gasteiger partial charge in [0, 0.05) is 38.4 Å². The molecule has 3 nitrogen and oxygen atoms in total. The van der Waals surface area contributed by atoms with Crippen molar-refractivity contribution in [1.82, 2.24) is 4.90 Å². The summed E-state index contributed by atoms with van der Waals surface area (Å²) < 4.78 is 43.6.